The fourth-order valence-corrected chi connectivity index (χ4v) is 3.08. The molecule has 90 valence electrons. The van der Waals surface area contributed by atoms with E-state index >= 15 is 0 Å². The molecule has 0 bridgehead atoms. The molecule has 0 saturated carbocycles. The number of amides is 1. The van der Waals surface area contributed by atoms with Crippen LogP contribution in [0, 0.1) is 6.92 Å². The second-order valence-electron chi connectivity index (χ2n) is 3.86. The quantitative estimate of drug-likeness (QED) is 0.802. The standard InChI is InChI=1S/C12H18BrNOS/c1-4-6-14(7-5-2)12(15)10-8-9(3)11(13)16-10/h8H,4-7H2,1-3H3. The molecule has 4 heteroatoms. The van der Waals surface area contributed by atoms with Crippen molar-refractivity contribution in [3.05, 3.63) is 20.3 Å². The van der Waals surface area contributed by atoms with Gasteiger partial charge in [-0.25, -0.2) is 0 Å². The molecule has 2 nitrogen and oxygen atoms in total. The Hall–Kier alpha value is -0.350. The van der Waals surface area contributed by atoms with Crippen LogP contribution in [-0.2, 0) is 0 Å². The van der Waals surface area contributed by atoms with Gasteiger partial charge in [0.2, 0.25) is 0 Å². The number of hydrogen-bond donors (Lipinski definition) is 0. The van der Waals surface area contributed by atoms with Crippen molar-refractivity contribution < 1.29 is 4.79 Å². The molecule has 0 aliphatic rings. The van der Waals surface area contributed by atoms with Crippen molar-refractivity contribution >= 4 is 33.2 Å². The van der Waals surface area contributed by atoms with Crippen LogP contribution in [0.25, 0.3) is 0 Å². The molecule has 16 heavy (non-hydrogen) atoms. The third-order valence-electron chi connectivity index (χ3n) is 2.34. The van der Waals surface area contributed by atoms with Crippen LogP contribution in [0.2, 0.25) is 0 Å². The minimum absolute atomic E-state index is 0.169. The summed E-state index contributed by atoms with van der Waals surface area (Å²) in [5, 5.41) is 0. The highest BCUT2D eigenvalue weighted by atomic mass is 79.9. The van der Waals surface area contributed by atoms with Crippen LogP contribution in [0.5, 0.6) is 0 Å². The molecule has 0 unspecified atom stereocenters. The van der Waals surface area contributed by atoms with Gasteiger partial charge in [0.1, 0.15) is 0 Å². The highest BCUT2D eigenvalue weighted by molar-refractivity contribution is 9.11. The fourth-order valence-electron chi connectivity index (χ4n) is 1.58. The van der Waals surface area contributed by atoms with E-state index < -0.39 is 0 Å². The topological polar surface area (TPSA) is 20.3 Å². The molecular formula is C12H18BrNOS. The van der Waals surface area contributed by atoms with Gasteiger partial charge >= 0.3 is 0 Å². The molecule has 0 fully saturated rings. The number of carbonyl (C=O) groups is 1. The summed E-state index contributed by atoms with van der Waals surface area (Å²) >= 11 is 4.99. The van der Waals surface area contributed by atoms with Crippen LogP contribution in [-0.4, -0.2) is 23.9 Å². The van der Waals surface area contributed by atoms with Gasteiger partial charge in [-0.2, -0.15) is 0 Å². The number of hydrogen-bond acceptors (Lipinski definition) is 2. The number of rotatable bonds is 5. The second-order valence-corrected chi connectivity index (χ2v) is 6.23. The van der Waals surface area contributed by atoms with E-state index in [1.807, 2.05) is 17.9 Å². The molecule has 0 N–H and O–H groups in total. The minimum atomic E-state index is 0.169. The summed E-state index contributed by atoms with van der Waals surface area (Å²) in [7, 11) is 0. The average Bonchev–Trinajstić information content (AvgIpc) is 2.58. The molecule has 0 aromatic carbocycles. The lowest BCUT2D eigenvalue weighted by atomic mass is 10.3. The zero-order valence-electron chi connectivity index (χ0n) is 10.0. The van der Waals surface area contributed by atoms with Crippen molar-refractivity contribution in [2.45, 2.75) is 33.6 Å². The van der Waals surface area contributed by atoms with Crippen molar-refractivity contribution in [3.8, 4) is 0 Å². The Kier molecular flexibility index (Phi) is 5.49. The second kappa shape index (κ2) is 6.40. The minimum Gasteiger partial charge on any atom is -0.338 e. The van der Waals surface area contributed by atoms with E-state index in [0.717, 1.165) is 40.2 Å². The van der Waals surface area contributed by atoms with Gasteiger partial charge in [-0.15, -0.1) is 11.3 Å². The van der Waals surface area contributed by atoms with E-state index in [4.69, 9.17) is 0 Å². The monoisotopic (exact) mass is 303 g/mol. The van der Waals surface area contributed by atoms with E-state index in [-0.39, 0.29) is 5.91 Å². The summed E-state index contributed by atoms with van der Waals surface area (Å²) in [6.45, 7) is 7.92. The van der Waals surface area contributed by atoms with Gasteiger partial charge in [-0.3, -0.25) is 4.79 Å². The summed E-state index contributed by atoms with van der Waals surface area (Å²) in [5.74, 6) is 0.169. The fraction of sp³-hybridized carbons (Fsp3) is 0.583. The van der Waals surface area contributed by atoms with Crippen LogP contribution >= 0.6 is 27.3 Å². The maximum atomic E-state index is 12.2. The van der Waals surface area contributed by atoms with Gasteiger partial charge in [0.15, 0.2) is 0 Å². The Labute approximate surface area is 110 Å². The molecule has 0 aliphatic carbocycles. The van der Waals surface area contributed by atoms with Crippen LogP contribution in [0.3, 0.4) is 0 Å². The Morgan fingerprint density at radius 1 is 1.38 bits per heavy atom. The van der Waals surface area contributed by atoms with Gasteiger partial charge in [-0.1, -0.05) is 13.8 Å². The first-order valence-electron chi connectivity index (χ1n) is 5.65. The van der Waals surface area contributed by atoms with Crippen LogP contribution in [0.15, 0.2) is 9.85 Å². The van der Waals surface area contributed by atoms with E-state index in [1.165, 1.54) is 11.3 Å². The molecule has 1 amide bonds. The van der Waals surface area contributed by atoms with E-state index in [1.54, 1.807) is 0 Å². The lowest BCUT2D eigenvalue weighted by Gasteiger charge is -2.20. The van der Waals surface area contributed by atoms with Gasteiger partial charge in [0.05, 0.1) is 8.66 Å². The van der Waals surface area contributed by atoms with Crippen molar-refractivity contribution in [1.82, 2.24) is 4.90 Å². The maximum absolute atomic E-state index is 12.2. The number of aryl methyl sites for hydroxylation is 1. The van der Waals surface area contributed by atoms with E-state index in [2.05, 4.69) is 29.8 Å². The molecule has 0 atom stereocenters. The predicted molar refractivity (Wildman–Crippen MR) is 73.2 cm³/mol. The van der Waals surface area contributed by atoms with Gasteiger partial charge < -0.3 is 4.90 Å². The third-order valence-corrected chi connectivity index (χ3v) is 4.47. The van der Waals surface area contributed by atoms with Gasteiger partial charge in [0.25, 0.3) is 5.91 Å². The number of halogens is 1. The summed E-state index contributed by atoms with van der Waals surface area (Å²) in [4.78, 5) is 15.0. The molecule has 0 saturated heterocycles. The largest absolute Gasteiger partial charge is 0.338 e. The molecular weight excluding hydrogens is 286 g/mol. The van der Waals surface area contributed by atoms with Crippen molar-refractivity contribution in [1.29, 1.82) is 0 Å². The molecule has 0 radical (unpaired) electrons. The summed E-state index contributed by atoms with van der Waals surface area (Å²) < 4.78 is 1.06. The Balaban J connectivity index is 2.81. The number of carbonyl (C=O) groups excluding carboxylic acids is 1. The summed E-state index contributed by atoms with van der Waals surface area (Å²) in [5.41, 5.74) is 1.14. The first-order chi connectivity index (χ1) is 7.60. The molecule has 1 rings (SSSR count). The molecule has 0 aliphatic heterocycles. The number of nitrogens with zero attached hydrogens (tertiary/aromatic N) is 1. The SMILES string of the molecule is CCCN(CCC)C(=O)c1cc(C)c(Br)s1. The Morgan fingerprint density at radius 3 is 2.31 bits per heavy atom. The normalized spacial score (nSPS) is 10.5. The first-order valence-corrected chi connectivity index (χ1v) is 7.26. The van der Waals surface area contributed by atoms with Gasteiger partial charge in [-0.05, 0) is 47.3 Å². The zero-order chi connectivity index (χ0) is 12.1. The van der Waals surface area contributed by atoms with Crippen LogP contribution in [0.1, 0.15) is 41.9 Å². The van der Waals surface area contributed by atoms with Crippen molar-refractivity contribution in [2.24, 2.45) is 0 Å². The average molecular weight is 304 g/mol. The highest BCUT2D eigenvalue weighted by Crippen LogP contribution is 2.28. The Bertz CT molecular complexity index is 336. The first kappa shape index (κ1) is 13.7. The molecule has 1 heterocycles. The van der Waals surface area contributed by atoms with Crippen LogP contribution in [0.4, 0.5) is 0 Å². The smallest absolute Gasteiger partial charge is 0.263 e. The Morgan fingerprint density at radius 2 is 1.94 bits per heavy atom. The molecule has 1 aromatic heterocycles. The van der Waals surface area contributed by atoms with Gasteiger partial charge in [0, 0.05) is 13.1 Å². The third kappa shape index (κ3) is 3.32. The lowest BCUT2D eigenvalue weighted by Crippen LogP contribution is -2.31. The molecule has 0 spiro atoms. The lowest BCUT2D eigenvalue weighted by molar-refractivity contribution is 0.0760. The predicted octanol–water partition coefficient (Wildman–Crippen LogP) is 4.08. The van der Waals surface area contributed by atoms with E-state index in [0.29, 0.717) is 0 Å². The van der Waals surface area contributed by atoms with Crippen molar-refractivity contribution in [2.75, 3.05) is 13.1 Å². The summed E-state index contributed by atoms with van der Waals surface area (Å²) in [6, 6.07) is 1.97. The number of thiophene rings is 1. The maximum Gasteiger partial charge on any atom is 0.263 e. The zero-order valence-corrected chi connectivity index (χ0v) is 12.4. The summed E-state index contributed by atoms with van der Waals surface area (Å²) in [6.07, 6.45) is 2.02. The van der Waals surface area contributed by atoms with Crippen molar-refractivity contribution in [3.63, 3.8) is 0 Å². The van der Waals surface area contributed by atoms with E-state index in [9.17, 15) is 4.79 Å². The van der Waals surface area contributed by atoms with Crippen LogP contribution < -0.4 is 0 Å². The molecule has 1 aromatic rings. The highest BCUT2D eigenvalue weighted by Gasteiger charge is 2.17.